The Morgan fingerprint density at radius 2 is 2.56 bits per heavy atom. The second-order valence-electron chi connectivity index (χ2n) is 2.25. The van der Waals surface area contributed by atoms with E-state index in [9.17, 15) is 0 Å². The van der Waals surface area contributed by atoms with Crippen molar-refractivity contribution >= 4 is 6.21 Å². The number of aliphatic hydroxyl groups excluding tert-OH is 1. The van der Waals surface area contributed by atoms with Gasteiger partial charge in [0.25, 0.3) is 0 Å². The molecule has 1 unspecified atom stereocenters. The zero-order chi connectivity index (χ0) is 6.69. The summed E-state index contributed by atoms with van der Waals surface area (Å²) < 4.78 is 0. The summed E-state index contributed by atoms with van der Waals surface area (Å²) in [7, 11) is 0. The minimum absolute atomic E-state index is 0.317. The van der Waals surface area contributed by atoms with Crippen molar-refractivity contribution in [2.24, 2.45) is 4.99 Å². The lowest BCUT2D eigenvalue weighted by Crippen LogP contribution is -2.06. The molecule has 0 aliphatic carbocycles. The molecule has 1 heterocycles. The summed E-state index contributed by atoms with van der Waals surface area (Å²) in [6.45, 7) is 1.77. The van der Waals surface area contributed by atoms with Crippen LogP contribution in [0.25, 0.3) is 0 Å². The maximum Gasteiger partial charge on any atom is 0.0739 e. The summed E-state index contributed by atoms with van der Waals surface area (Å²) in [5.41, 5.74) is 1.04. The van der Waals surface area contributed by atoms with E-state index in [1.165, 1.54) is 0 Å². The normalized spacial score (nSPS) is 21.3. The third-order valence-electron chi connectivity index (χ3n) is 1.44. The Morgan fingerprint density at radius 1 is 1.78 bits per heavy atom. The molecule has 1 atom stereocenters. The summed E-state index contributed by atoms with van der Waals surface area (Å²) in [6.07, 6.45) is 5.22. The van der Waals surface area contributed by atoms with Crippen LogP contribution < -0.4 is 0 Å². The van der Waals surface area contributed by atoms with Gasteiger partial charge in [0.2, 0.25) is 0 Å². The molecule has 0 saturated carbocycles. The fourth-order valence-electron chi connectivity index (χ4n) is 0.836. The Bertz CT molecular complexity index is 147. The van der Waals surface area contributed by atoms with Crippen molar-refractivity contribution in [2.45, 2.75) is 25.9 Å². The molecule has 1 aliphatic rings. The first-order chi connectivity index (χ1) is 4.30. The van der Waals surface area contributed by atoms with Crippen molar-refractivity contribution in [3.8, 4) is 0 Å². The smallest absolute Gasteiger partial charge is 0.0739 e. The summed E-state index contributed by atoms with van der Waals surface area (Å²) in [4.78, 5) is 3.93. The van der Waals surface area contributed by atoms with E-state index in [2.05, 4.69) is 4.99 Å². The van der Waals surface area contributed by atoms with Gasteiger partial charge in [0.15, 0.2) is 0 Å². The van der Waals surface area contributed by atoms with Gasteiger partial charge in [-0.2, -0.15) is 0 Å². The molecule has 0 spiro atoms. The quantitative estimate of drug-likeness (QED) is 0.559. The lowest BCUT2D eigenvalue weighted by Gasteiger charge is -2.09. The van der Waals surface area contributed by atoms with Gasteiger partial charge in [-0.3, -0.25) is 4.99 Å². The highest BCUT2D eigenvalue weighted by atomic mass is 16.3. The molecule has 1 rings (SSSR count). The van der Waals surface area contributed by atoms with E-state index in [0.717, 1.165) is 18.4 Å². The van der Waals surface area contributed by atoms with E-state index < -0.39 is 0 Å². The van der Waals surface area contributed by atoms with Crippen LogP contribution in [0.5, 0.6) is 0 Å². The summed E-state index contributed by atoms with van der Waals surface area (Å²) in [5, 5.41) is 9.03. The molecule has 1 N–H and O–H groups in total. The summed E-state index contributed by atoms with van der Waals surface area (Å²) in [6, 6.07) is 0. The van der Waals surface area contributed by atoms with Crippen LogP contribution in [0.15, 0.2) is 16.8 Å². The van der Waals surface area contributed by atoms with Crippen LogP contribution in [0, 0.1) is 0 Å². The van der Waals surface area contributed by atoms with Crippen LogP contribution in [-0.4, -0.2) is 17.4 Å². The molecule has 0 amide bonds. The van der Waals surface area contributed by atoms with Crippen LogP contribution in [-0.2, 0) is 0 Å². The lowest BCUT2D eigenvalue weighted by molar-refractivity contribution is 0.227. The van der Waals surface area contributed by atoms with Crippen LogP contribution in [0.4, 0.5) is 0 Å². The van der Waals surface area contributed by atoms with Gasteiger partial charge in [-0.1, -0.05) is 0 Å². The Kier molecular flexibility index (Phi) is 2.01. The predicted molar refractivity (Wildman–Crippen MR) is 37.5 cm³/mol. The van der Waals surface area contributed by atoms with Crippen LogP contribution in [0.3, 0.4) is 0 Å². The van der Waals surface area contributed by atoms with Crippen molar-refractivity contribution in [1.29, 1.82) is 0 Å². The number of rotatable bonds is 1. The molecule has 2 nitrogen and oxygen atoms in total. The predicted octanol–water partition coefficient (Wildman–Crippen LogP) is 1.12. The number of hydrogen-bond donors (Lipinski definition) is 1. The van der Waals surface area contributed by atoms with Gasteiger partial charge in [0.05, 0.1) is 6.10 Å². The first kappa shape index (κ1) is 6.49. The minimum atomic E-state index is -0.317. The third-order valence-corrected chi connectivity index (χ3v) is 1.44. The second-order valence-corrected chi connectivity index (χ2v) is 2.25. The number of nitrogens with zero attached hydrogens (tertiary/aromatic N) is 1. The van der Waals surface area contributed by atoms with Crippen molar-refractivity contribution < 1.29 is 5.11 Å². The summed E-state index contributed by atoms with van der Waals surface area (Å²) >= 11 is 0. The maximum atomic E-state index is 9.03. The number of hydrogen-bond acceptors (Lipinski definition) is 2. The minimum Gasteiger partial charge on any atom is -0.389 e. The fraction of sp³-hybridized carbons (Fsp3) is 0.571. The average molecular weight is 125 g/mol. The van der Waals surface area contributed by atoms with E-state index >= 15 is 0 Å². The van der Waals surface area contributed by atoms with Crippen molar-refractivity contribution in [1.82, 2.24) is 0 Å². The molecule has 9 heavy (non-hydrogen) atoms. The molecule has 0 aromatic carbocycles. The number of aliphatic hydroxyl groups is 1. The standard InChI is InChI=1S/C7H11NO/c1-6(9)7-3-2-4-8-5-7/h4-6,9H,2-3H2,1H3. The molecule has 0 aromatic heterocycles. The largest absolute Gasteiger partial charge is 0.389 e. The average Bonchev–Trinajstić information content (AvgIpc) is 1.90. The van der Waals surface area contributed by atoms with Crippen LogP contribution in [0.2, 0.25) is 0 Å². The van der Waals surface area contributed by atoms with Gasteiger partial charge in [0.1, 0.15) is 0 Å². The molecule has 1 aliphatic heterocycles. The van der Waals surface area contributed by atoms with Crippen molar-refractivity contribution in [3.05, 3.63) is 11.8 Å². The van der Waals surface area contributed by atoms with E-state index in [4.69, 9.17) is 5.11 Å². The van der Waals surface area contributed by atoms with Gasteiger partial charge < -0.3 is 5.11 Å². The van der Waals surface area contributed by atoms with E-state index in [1.54, 1.807) is 13.1 Å². The van der Waals surface area contributed by atoms with Crippen LogP contribution in [0.1, 0.15) is 19.8 Å². The third kappa shape index (κ3) is 1.64. The molecule has 0 fully saturated rings. The van der Waals surface area contributed by atoms with Crippen molar-refractivity contribution in [3.63, 3.8) is 0 Å². The molecule has 2 heteroatoms. The molecule has 0 aromatic rings. The Labute approximate surface area is 54.9 Å². The van der Waals surface area contributed by atoms with E-state index in [0.29, 0.717) is 0 Å². The maximum absolute atomic E-state index is 9.03. The topological polar surface area (TPSA) is 32.6 Å². The summed E-state index contributed by atoms with van der Waals surface area (Å²) in [5.74, 6) is 0. The monoisotopic (exact) mass is 125 g/mol. The molecule has 50 valence electrons. The number of aliphatic imine (C=N–C) groups is 1. The molecule has 0 saturated heterocycles. The van der Waals surface area contributed by atoms with Gasteiger partial charge in [-0.25, -0.2) is 0 Å². The lowest BCUT2D eigenvalue weighted by atomic mass is 10.1. The highest BCUT2D eigenvalue weighted by molar-refractivity contribution is 5.60. The molecular weight excluding hydrogens is 114 g/mol. The fourth-order valence-corrected chi connectivity index (χ4v) is 0.836. The Morgan fingerprint density at radius 3 is 2.89 bits per heavy atom. The van der Waals surface area contributed by atoms with Gasteiger partial charge in [-0.05, 0) is 25.3 Å². The second kappa shape index (κ2) is 2.78. The molecular formula is C7H11NO. The zero-order valence-electron chi connectivity index (χ0n) is 5.54. The van der Waals surface area contributed by atoms with Crippen LogP contribution >= 0.6 is 0 Å². The highest BCUT2D eigenvalue weighted by Crippen LogP contribution is 2.12. The molecule has 0 bridgehead atoms. The Balaban J connectivity index is 2.57. The SMILES string of the molecule is CC(O)C1=CN=CCC1. The first-order valence-electron chi connectivity index (χ1n) is 3.19. The van der Waals surface area contributed by atoms with Crippen molar-refractivity contribution in [2.75, 3.05) is 0 Å². The Hall–Kier alpha value is -0.630. The highest BCUT2D eigenvalue weighted by Gasteiger charge is 2.04. The van der Waals surface area contributed by atoms with Gasteiger partial charge in [-0.15, -0.1) is 0 Å². The first-order valence-corrected chi connectivity index (χ1v) is 3.19. The van der Waals surface area contributed by atoms with Gasteiger partial charge >= 0.3 is 0 Å². The van der Waals surface area contributed by atoms with E-state index in [-0.39, 0.29) is 6.10 Å². The van der Waals surface area contributed by atoms with Gasteiger partial charge in [0, 0.05) is 12.4 Å². The van der Waals surface area contributed by atoms with E-state index in [1.807, 2.05) is 6.21 Å². The molecule has 0 radical (unpaired) electrons. The zero-order valence-corrected chi connectivity index (χ0v) is 5.54.